The van der Waals surface area contributed by atoms with Crippen molar-refractivity contribution < 1.29 is 29.6 Å². The number of ether oxygens (including phenoxy) is 1. The van der Waals surface area contributed by atoms with Gasteiger partial charge in [0.25, 0.3) is 0 Å². The molecule has 0 aromatic rings. The summed E-state index contributed by atoms with van der Waals surface area (Å²) in [7, 11) is 0. The maximum atomic E-state index is 13.6. The van der Waals surface area contributed by atoms with E-state index in [-0.39, 0.29) is 12.6 Å². The fourth-order valence-corrected chi connectivity index (χ4v) is 6.85. The number of hydrogen-bond donors (Lipinski definition) is 6. The second-order valence-electron chi connectivity index (χ2n) is 14.4. The van der Waals surface area contributed by atoms with Gasteiger partial charge in [0, 0.05) is 13.1 Å². The minimum Gasteiger partial charge on any atom is -0.394 e. The first-order valence-corrected chi connectivity index (χ1v) is 20.6. The van der Waals surface area contributed by atoms with Crippen molar-refractivity contribution in [1.29, 1.82) is 0 Å². The number of nitrogens with two attached hydrogens (primary N) is 1. The van der Waals surface area contributed by atoms with Gasteiger partial charge < -0.3 is 36.4 Å². The number of carbonyl (C=O) groups is 2. The van der Waals surface area contributed by atoms with Crippen molar-refractivity contribution in [3.8, 4) is 0 Å². The fourth-order valence-electron chi connectivity index (χ4n) is 6.85. The number of aliphatic hydroxyl groups is 3. The number of nitrogens with zero attached hydrogens (tertiary/aromatic N) is 1. The van der Waals surface area contributed by atoms with Crippen molar-refractivity contribution in [2.24, 2.45) is 5.73 Å². The van der Waals surface area contributed by atoms with Crippen LogP contribution in [0.1, 0.15) is 181 Å². The van der Waals surface area contributed by atoms with Crippen LogP contribution in [0.3, 0.4) is 0 Å². The third-order valence-corrected chi connectivity index (χ3v) is 10.0. The van der Waals surface area contributed by atoms with E-state index in [4.69, 9.17) is 10.5 Å². The van der Waals surface area contributed by atoms with Crippen LogP contribution in [0.5, 0.6) is 0 Å². The summed E-state index contributed by atoms with van der Waals surface area (Å²) < 4.78 is 5.99. The number of hydrogen-bond acceptors (Lipinski definition) is 7. The molecule has 3 amide bonds. The Bertz CT molecular complexity index is 791. The molecule has 0 spiro atoms. The summed E-state index contributed by atoms with van der Waals surface area (Å²) in [5.41, 5.74) is 5.52. The number of carbonyl (C=O) groups excluding carboxylic acids is 2. The van der Waals surface area contributed by atoms with E-state index in [1.165, 1.54) is 127 Å². The molecule has 0 radical (unpaired) electrons. The summed E-state index contributed by atoms with van der Waals surface area (Å²) in [6, 6.07) is -1.42. The Morgan fingerprint density at radius 2 is 1.04 bits per heavy atom. The van der Waals surface area contributed by atoms with Gasteiger partial charge >= 0.3 is 6.03 Å². The molecule has 0 aromatic heterocycles. The van der Waals surface area contributed by atoms with Gasteiger partial charge in [0.05, 0.1) is 13.2 Å². The largest absolute Gasteiger partial charge is 0.394 e. The number of unbranched alkanes of at least 4 members (excludes halogenated alkanes) is 24. The lowest BCUT2D eigenvalue weighted by Gasteiger charge is -2.46. The molecule has 0 bridgehead atoms. The minimum atomic E-state index is -1.44. The quantitative estimate of drug-likeness (QED) is 0.0411. The first kappa shape index (κ1) is 45.6. The molecule has 1 rings (SSSR count). The van der Waals surface area contributed by atoms with Gasteiger partial charge in [0.1, 0.15) is 24.4 Å². The van der Waals surface area contributed by atoms with Crippen LogP contribution in [0.15, 0.2) is 0 Å². The molecular formula is C39H78N4O6. The van der Waals surface area contributed by atoms with E-state index in [0.717, 1.165) is 44.9 Å². The van der Waals surface area contributed by atoms with Crippen LogP contribution in [0.4, 0.5) is 4.79 Å². The topological polar surface area (TPSA) is 157 Å². The molecule has 1 aliphatic rings. The maximum Gasteiger partial charge on any atom is 0.319 e. The zero-order valence-electron chi connectivity index (χ0n) is 31.7. The van der Waals surface area contributed by atoms with E-state index in [1.807, 2.05) is 0 Å². The average molecular weight is 699 g/mol. The third-order valence-electron chi connectivity index (χ3n) is 10.0. The second kappa shape index (κ2) is 31.3. The van der Waals surface area contributed by atoms with Gasteiger partial charge in [-0.2, -0.15) is 0 Å². The molecule has 0 unspecified atom stereocenters. The van der Waals surface area contributed by atoms with Crippen LogP contribution in [0.25, 0.3) is 0 Å². The summed E-state index contributed by atoms with van der Waals surface area (Å²) in [5, 5.41) is 36.9. The normalized spacial score (nSPS) is 20.7. The molecule has 0 saturated carbocycles. The van der Waals surface area contributed by atoms with Gasteiger partial charge in [-0.05, 0) is 12.8 Å². The molecule has 0 aromatic carbocycles. The smallest absolute Gasteiger partial charge is 0.319 e. The van der Waals surface area contributed by atoms with Crippen molar-refractivity contribution in [2.75, 3.05) is 26.2 Å². The van der Waals surface area contributed by atoms with E-state index in [1.54, 1.807) is 0 Å². The first-order chi connectivity index (χ1) is 23.9. The summed E-state index contributed by atoms with van der Waals surface area (Å²) in [6.07, 6.45) is 27.1. The van der Waals surface area contributed by atoms with Crippen LogP contribution in [0.2, 0.25) is 0 Å². The Hall–Kier alpha value is -1.46. The fraction of sp³-hybridized carbons (Fsp3) is 0.949. The van der Waals surface area contributed by atoms with Gasteiger partial charge in [0.15, 0.2) is 6.23 Å². The molecule has 49 heavy (non-hydrogen) atoms. The Morgan fingerprint density at radius 3 is 1.45 bits per heavy atom. The molecule has 1 saturated heterocycles. The van der Waals surface area contributed by atoms with Crippen molar-refractivity contribution in [3.63, 3.8) is 0 Å². The lowest BCUT2D eigenvalue weighted by atomic mass is 9.95. The van der Waals surface area contributed by atoms with Gasteiger partial charge in [-0.15, -0.1) is 0 Å². The van der Waals surface area contributed by atoms with E-state index >= 15 is 0 Å². The molecule has 10 nitrogen and oxygen atoms in total. The molecule has 7 N–H and O–H groups in total. The molecule has 290 valence electrons. The van der Waals surface area contributed by atoms with Crippen molar-refractivity contribution in [3.05, 3.63) is 0 Å². The van der Waals surface area contributed by atoms with Crippen LogP contribution in [-0.4, -0.2) is 89.0 Å². The molecule has 1 aliphatic heterocycles. The zero-order valence-corrected chi connectivity index (χ0v) is 31.7. The highest BCUT2D eigenvalue weighted by atomic mass is 16.5. The predicted octanol–water partition coefficient (Wildman–Crippen LogP) is 7.06. The number of nitrogens with one attached hydrogen (secondary N) is 2. The maximum absolute atomic E-state index is 13.6. The highest BCUT2D eigenvalue weighted by Crippen LogP contribution is 2.25. The Balaban J connectivity index is 2.50. The van der Waals surface area contributed by atoms with E-state index in [2.05, 4.69) is 24.5 Å². The summed E-state index contributed by atoms with van der Waals surface area (Å²) >= 11 is 0. The third kappa shape index (κ3) is 21.5. The first-order valence-electron chi connectivity index (χ1n) is 20.6. The second-order valence-corrected chi connectivity index (χ2v) is 14.4. The number of amides is 3. The van der Waals surface area contributed by atoms with Crippen LogP contribution < -0.4 is 16.4 Å². The summed E-state index contributed by atoms with van der Waals surface area (Å²) in [6.45, 7) is 4.54. The van der Waals surface area contributed by atoms with Gasteiger partial charge in [-0.3, -0.25) is 9.69 Å². The van der Waals surface area contributed by atoms with E-state index in [9.17, 15) is 24.9 Å². The minimum absolute atomic E-state index is 0.306. The molecule has 1 fully saturated rings. The monoisotopic (exact) mass is 699 g/mol. The summed E-state index contributed by atoms with van der Waals surface area (Å²) in [5.74, 6) is -0.528. The van der Waals surface area contributed by atoms with Gasteiger partial charge in [-0.1, -0.05) is 168 Å². The highest BCUT2D eigenvalue weighted by Gasteiger charge is 2.48. The van der Waals surface area contributed by atoms with Crippen LogP contribution in [0, 0.1) is 0 Å². The number of aliphatic hydroxyl groups excluding tert-OH is 3. The number of rotatable bonds is 32. The molecule has 10 heteroatoms. The van der Waals surface area contributed by atoms with Crippen molar-refractivity contribution >= 4 is 11.9 Å². The zero-order chi connectivity index (χ0) is 36.0. The molecule has 1 heterocycles. The molecule has 0 aliphatic carbocycles. The van der Waals surface area contributed by atoms with Gasteiger partial charge in [-0.25, -0.2) is 4.79 Å². The standard InChI is InChI=1S/C39H78N4O6/c1-3-5-7-9-11-13-15-16-17-18-19-20-21-23-25-27-29-41-39(48)43(30-28-26-24-22-14-12-10-8-6-4-2)38-35(42-34(45)31-40)37(47)36(46)33(32-44)49-38/h33,35-38,44,46-47H,3-32,40H2,1-2H3,(H,41,48)(H,42,45)/t33-,35-,36-,37-,38-/m1/s1. The highest BCUT2D eigenvalue weighted by molar-refractivity contribution is 5.78. The number of urea groups is 1. The summed E-state index contributed by atoms with van der Waals surface area (Å²) in [4.78, 5) is 27.3. The SMILES string of the molecule is CCCCCCCCCCCCCCCCCCNC(=O)N(CCCCCCCCCCCC)[C@@H]1O[C@H](CO)[C@@H](O)[C@H](O)[C@H]1NC(=O)CN. The van der Waals surface area contributed by atoms with Gasteiger partial charge in [0.2, 0.25) is 5.91 Å². The lowest BCUT2D eigenvalue weighted by Crippen LogP contribution is -2.69. The van der Waals surface area contributed by atoms with Crippen LogP contribution >= 0.6 is 0 Å². The Morgan fingerprint density at radius 1 is 0.633 bits per heavy atom. The molecular weight excluding hydrogens is 620 g/mol. The molecule has 5 atom stereocenters. The lowest BCUT2D eigenvalue weighted by molar-refractivity contribution is -0.224. The van der Waals surface area contributed by atoms with E-state index in [0.29, 0.717) is 13.1 Å². The van der Waals surface area contributed by atoms with Crippen molar-refractivity contribution in [1.82, 2.24) is 15.5 Å². The van der Waals surface area contributed by atoms with Crippen molar-refractivity contribution in [2.45, 2.75) is 211 Å². The Kier molecular flexibility index (Phi) is 29.1. The van der Waals surface area contributed by atoms with Crippen LogP contribution in [-0.2, 0) is 9.53 Å². The average Bonchev–Trinajstić information content (AvgIpc) is 3.10. The Labute approximate surface area is 300 Å². The predicted molar refractivity (Wildman–Crippen MR) is 200 cm³/mol. The van der Waals surface area contributed by atoms with E-state index < -0.39 is 43.1 Å².